The number of amides is 1. The number of benzene rings is 1. The molecule has 13 heteroatoms. The maximum absolute atomic E-state index is 15.7. The summed E-state index contributed by atoms with van der Waals surface area (Å²) in [6, 6.07) is 0.719. The Morgan fingerprint density at radius 1 is 1.21 bits per heavy atom. The van der Waals surface area contributed by atoms with Crippen molar-refractivity contribution < 1.29 is 36.7 Å². The van der Waals surface area contributed by atoms with E-state index in [0.29, 0.717) is 19.5 Å². The second-order valence-corrected chi connectivity index (χ2v) is 11.1. The predicted molar refractivity (Wildman–Crippen MR) is 140 cm³/mol. The van der Waals surface area contributed by atoms with Crippen LogP contribution < -0.4 is 15.1 Å². The molecule has 1 amide bonds. The summed E-state index contributed by atoms with van der Waals surface area (Å²) in [5, 5.41) is -0.155. The first-order valence-electron chi connectivity index (χ1n) is 12.9. The van der Waals surface area contributed by atoms with Crippen LogP contribution in [0.5, 0.6) is 5.75 Å². The lowest BCUT2D eigenvalue weighted by molar-refractivity contribution is 0.0192. The number of nitrogens with zero attached hydrogens (tertiary/aromatic N) is 3. The summed E-state index contributed by atoms with van der Waals surface area (Å²) in [7, 11) is -0.357. The van der Waals surface area contributed by atoms with Gasteiger partial charge >= 0.3 is 19.5 Å². The van der Waals surface area contributed by atoms with Crippen LogP contribution in [0, 0.1) is 11.7 Å². The van der Waals surface area contributed by atoms with Gasteiger partial charge in [0.15, 0.2) is 11.6 Å². The van der Waals surface area contributed by atoms with Gasteiger partial charge in [-0.1, -0.05) is 0 Å². The molecule has 2 fully saturated rings. The van der Waals surface area contributed by atoms with Gasteiger partial charge in [0, 0.05) is 38.4 Å². The molecule has 2 aliphatic rings. The molecule has 1 aromatic carbocycles. The number of pyridine rings is 1. The average Bonchev–Trinajstić information content (AvgIpc) is 3.57. The van der Waals surface area contributed by atoms with Gasteiger partial charge in [0.05, 0.1) is 18.0 Å². The van der Waals surface area contributed by atoms with Crippen LogP contribution in [0.4, 0.5) is 23.5 Å². The van der Waals surface area contributed by atoms with E-state index in [1.54, 1.807) is 32.4 Å². The molecule has 2 aromatic rings. The number of hydrogen-bond donors (Lipinski definition) is 0. The Morgan fingerprint density at radius 3 is 2.44 bits per heavy atom. The summed E-state index contributed by atoms with van der Waals surface area (Å²) in [4.78, 5) is 41.3. The Morgan fingerprint density at radius 2 is 1.87 bits per heavy atom. The van der Waals surface area contributed by atoms with Crippen molar-refractivity contribution in [2.45, 2.75) is 64.6 Å². The minimum atomic E-state index is -3.39. The number of carbonyl (C=O) groups is 2. The van der Waals surface area contributed by atoms with Crippen LogP contribution in [-0.4, -0.2) is 67.9 Å². The van der Waals surface area contributed by atoms with Gasteiger partial charge in [0.2, 0.25) is 5.43 Å². The number of halogens is 3. The molecule has 1 aliphatic carbocycles. The molecule has 212 valence electrons. The number of anilines is 1. The third-order valence-corrected chi connectivity index (χ3v) is 7.27. The van der Waals surface area contributed by atoms with Crippen LogP contribution in [-0.2, 0) is 9.39 Å². The number of ether oxygens (including phenoxy) is 2. The van der Waals surface area contributed by atoms with E-state index in [9.17, 15) is 23.0 Å². The highest BCUT2D eigenvalue weighted by Gasteiger charge is 2.37. The highest BCUT2D eigenvalue weighted by Crippen LogP contribution is 2.45. The lowest BCUT2D eigenvalue weighted by atomic mass is 9.99. The Bertz CT molecular complexity index is 1340. The molecule has 39 heavy (non-hydrogen) atoms. The number of fused-ring (bicyclic) bond motifs is 1. The van der Waals surface area contributed by atoms with E-state index in [1.165, 1.54) is 18.2 Å². The van der Waals surface area contributed by atoms with E-state index in [-0.39, 0.29) is 40.3 Å². The minimum Gasteiger partial charge on any atom is -0.492 e. The standard InChI is InChI=1S/C26H33BF3N3O6/c1-14(31(5)25(36)38-26(2,3)4)15-9-10-32(12-15)21-19(28)11-17-20(23(21)37-6)33(16-7-8-16)13-18(22(17)34)24(35)39-27(29)30/h11,13-16H,7-10,12H2,1-6H3/t14-,15+/m0/s1. The molecular weight excluding hydrogens is 518 g/mol. The van der Waals surface area contributed by atoms with Crippen molar-refractivity contribution in [2.75, 3.05) is 32.1 Å². The van der Waals surface area contributed by atoms with E-state index < -0.39 is 41.9 Å². The smallest absolute Gasteiger partial charge is 0.492 e. The quantitative estimate of drug-likeness (QED) is 0.463. The molecule has 0 N–H and O–H groups in total. The van der Waals surface area contributed by atoms with Crippen molar-refractivity contribution in [3.63, 3.8) is 0 Å². The Labute approximate surface area is 225 Å². The molecule has 0 spiro atoms. The van der Waals surface area contributed by atoms with Gasteiger partial charge in [-0.15, -0.1) is 0 Å². The fourth-order valence-corrected chi connectivity index (χ4v) is 5.06. The van der Waals surface area contributed by atoms with Crippen LogP contribution in [0.2, 0.25) is 0 Å². The third kappa shape index (κ3) is 5.81. The molecule has 2 atom stereocenters. The zero-order chi connectivity index (χ0) is 28.8. The molecule has 9 nitrogen and oxygen atoms in total. The fourth-order valence-electron chi connectivity index (χ4n) is 5.06. The van der Waals surface area contributed by atoms with Gasteiger partial charge in [-0.3, -0.25) is 4.79 Å². The van der Waals surface area contributed by atoms with Crippen molar-refractivity contribution in [1.82, 2.24) is 9.47 Å². The first-order valence-corrected chi connectivity index (χ1v) is 12.9. The van der Waals surface area contributed by atoms with Gasteiger partial charge in [0.25, 0.3) is 0 Å². The maximum Gasteiger partial charge on any atom is 0.798 e. The van der Waals surface area contributed by atoms with E-state index in [0.717, 1.165) is 18.9 Å². The summed E-state index contributed by atoms with van der Waals surface area (Å²) >= 11 is 0. The Kier molecular flexibility index (Phi) is 7.82. The number of carbonyl (C=O) groups excluding carboxylic acids is 2. The highest BCUT2D eigenvalue weighted by atomic mass is 19.2. The first-order chi connectivity index (χ1) is 18.2. The molecular formula is C26H33BF3N3O6. The summed E-state index contributed by atoms with van der Waals surface area (Å²) in [5.41, 5.74) is -1.69. The molecule has 1 aromatic heterocycles. The lowest BCUT2D eigenvalue weighted by Crippen LogP contribution is -2.43. The van der Waals surface area contributed by atoms with Gasteiger partial charge < -0.3 is 28.5 Å². The van der Waals surface area contributed by atoms with Crippen molar-refractivity contribution in [3.8, 4) is 5.75 Å². The van der Waals surface area contributed by atoms with Crippen molar-refractivity contribution in [1.29, 1.82) is 0 Å². The highest BCUT2D eigenvalue weighted by molar-refractivity contribution is 6.38. The average molecular weight is 551 g/mol. The number of hydrogen-bond acceptors (Lipinski definition) is 7. The number of rotatable bonds is 7. The number of aromatic nitrogens is 1. The minimum absolute atomic E-state index is 0.000519. The summed E-state index contributed by atoms with van der Waals surface area (Å²) in [6.07, 6.45) is 2.89. The Hall–Kier alpha value is -3.38. The molecule has 2 heterocycles. The molecule has 0 bridgehead atoms. The summed E-state index contributed by atoms with van der Waals surface area (Å²) in [5.74, 6) is -2.09. The van der Waals surface area contributed by atoms with Gasteiger partial charge in [-0.25, -0.2) is 22.6 Å². The van der Waals surface area contributed by atoms with E-state index >= 15 is 4.39 Å². The SMILES string of the molecule is COc1c(N2CC[C@@H]([C@H](C)N(C)C(=O)OC(C)(C)C)C2)c(F)cc2c(=O)c(C(=O)OB(F)F)cn(C3CC3)c12. The molecule has 1 saturated carbocycles. The van der Waals surface area contributed by atoms with Gasteiger partial charge in [-0.2, -0.15) is 0 Å². The zero-order valence-corrected chi connectivity index (χ0v) is 22.9. The third-order valence-electron chi connectivity index (χ3n) is 7.27. The van der Waals surface area contributed by atoms with Crippen LogP contribution in [0.25, 0.3) is 10.9 Å². The van der Waals surface area contributed by atoms with E-state index in [1.807, 2.05) is 11.8 Å². The zero-order valence-electron chi connectivity index (χ0n) is 22.9. The molecule has 1 saturated heterocycles. The van der Waals surface area contributed by atoms with Crippen LogP contribution in [0.1, 0.15) is 63.4 Å². The molecule has 0 unspecified atom stereocenters. The largest absolute Gasteiger partial charge is 0.798 e. The van der Waals surface area contributed by atoms with Gasteiger partial charge in [0.1, 0.15) is 16.9 Å². The van der Waals surface area contributed by atoms with Crippen molar-refractivity contribution in [3.05, 3.63) is 33.9 Å². The van der Waals surface area contributed by atoms with Crippen LogP contribution >= 0.6 is 0 Å². The second kappa shape index (κ2) is 10.7. The normalized spacial score (nSPS) is 18.2. The Balaban J connectivity index is 1.71. The lowest BCUT2D eigenvalue weighted by Gasteiger charge is -2.32. The summed E-state index contributed by atoms with van der Waals surface area (Å²) in [6.45, 7) is 8.18. The number of methoxy groups -OCH3 is 1. The van der Waals surface area contributed by atoms with Crippen molar-refractivity contribution >= 4 is 36.1 Å². The van der Waals surface area contributed by atoms with E-state index in [2.05, 4.69) is 4.65 Å². The van der Waals surface area contributed by atoms with Crippen molar-refractivity contribution in [2.24, 2.45) is 5.92 Å². The second-order valence-electron chi connectivity index (χ2n) is 11.1. The van der Waals surface area contributed by atoms with E-state index in [4.69, 9.17) is 9.47 Å². The van der Waals surface area contributed by atoms with Crippen LogP contribution in [0.3, 0.4) is 0 Å². The summed E-state index contributed by atoms with van der Waals surface area (Å²) < 4.78 is 57.8. The predicted octanol–water partition coefficient (Wildman–Crippen LogP) is 4.65. The molecule has 4 rings (SSSR count). The molecule has 1 aliphatic heterocycles. The molecule has 0 radical (unpaired) electrons. The topological polar surface area (TPSA) is 90.3 Å². The maximum atomic E-state index is 15.7. The monoisotopic (exact) mass is 551 g/mol. The first kappa shape index (κ1) is 28.6. The van der Waals surface area contributed by atoms with Crippen LogP contribution in [0.15, 0.2) is 17.1 Å². The van der Waals surface area contributed by atoms with Gasteiger partial charge in [-0.05, 0) is 58.9 Å². The fraction of sp³-hybridized carbons (Fsp3) is 0.577.